The van der Waals surface area contributed by atoms with Crippen molar-refractivity contribution in [3.05, 3.63) is 34.9 Å². The van der Waals surface area contributed by atoms with Crippen molar-refractivity contribution < 1.29 is 13.2 Å². The Morgan fingerprint density at radius 1 is 1.44 bits per heavy atom. The van der Waals surface area contributed by atoms with Crippen molar-refractivity contribution in [1.82, 2.24) is 5.32 Å². The van der Waals surface area contributed by atoms with Gasteiger partial charge in [-0.05, 0) is 23.6 Å². The second-order valence-corrected chi connectivity index (χ2v) is 7.77. The maximum atomic E-state index is 11.7. The molecule has 0 fully saturated rings. The summed E-state index contributed by atoms with van der Waals surface area (Å²) in [6.07, 6.45) is 2.02. The maximum Gasteiger partial charge on any atom is 0.251 e. The molecule has 1 aromatic carbocycles. The summed E-state index contributed by atoms with van der Waals surface area (Å²) < 4.78 is 22.5. The molecule has 4 nitrogen and oxygen atoms in total. The predicted octanol–water partition coefficient (Wildman–Crippen LogP) is 1.45. The van der Waals surface area contributed by atoms with Crippen LogP contribution in [0.25, 0.3) is 0 Å². The topological polar surface area (TPSA) is 63.2 Å². The first-order valence-corrected chi connectivity index (χ1v) is 8.57. The summed E-state index contributed by atoms with van der Waals surface area (Å²) in [5, 5.41) is 2.78. The average molecular weight is 332 g/mol. The largest absolute Gasteiger partial charge is 0.352 e. The number of halogens is 1. The van der Waals surface area contributed by atoms with E-state index in [0.29, 0.717) is 12.1 Å². The number of nitrogens with one attached hydrogen (secondary N) is 1. The van der Waals surface area contributed by atoms with E-state index in [1.54, 1.807) is 6.07 Å². The van der Waals surface area contributed by atoms with Gasteiger partial charge in [0.1, 0.15) is 9.84 Å². The second-order valence-electron chi connectivity index (χ2n) is 4.48. The monoisotopic (exact) mass is 331 g/mol. The van der Waals surface area contributed by atoms with Crippen LogP contribution in [0.3, 0.4) is 0 Å². The van der Waals surface area contributed by atoms with E-state index >= 15 is 0 Å². The molecule has 98 valence electrons. The lowest BCUT2D eigenvalue weighted by Gasteiger charge is -2.18. The number of hydrogen-bond acceptors (Lipinski definition) is 3. The first-order valence-electron chi connectivity index (χ1n) is 5.59. The van der Waals surface area contributed by atoms with Crippen LogP contribution >= 0.6 is 15.9 Å². The quantitative estimate of drug-likeness (QED) is 0.853. The van der Waals surface area contributed by atoms with Gasteiger partial charge in [0.25, 0.3) is 5.91 Å². The van der Waals surface area contributed by atoms with Gasteiger partial charge in [-0.3, -0.25) is 4.79 Å². The summed E-state index contributed by atoms with van der Waals surface area (Å²) in [7, 11) is -3.05. The molecule has 18 heavy (non-hydrogen) atoms. The number of amides is 1. The van der Waals surface area contributed by atoms with Crippen LogP contribution in [0.1, 0.15) is 26.3 Å². The molecular formula is C12H14BrNO3S. The highest BCUT2D eigenvalue weighted by molar-refractivity contribution is 9.09. The minimum atomic E-state index is -3.05. The van der Waals surface area contributed by atoms with Gasteiger partial charge in [-0.2, -0.15) is 0 Å². The molecule has 0 aromatic heterocycles. The van der Waals surface area contributed by atoms with Crippen molar-refractivity contribution in [3.8, 4) is 0 Å². The molecule has 0 spiro atoms. The fraction of sp³-hybridized carbons (Fsp3) is 0.417. The van der Waals surface area contributed by atoms with Crippen molar-refractivity contribution in [3.63, 3.8) is 0 Å². The number of carbonyl (C=O) groups is 1. The van der Waals surface area contributed by atoms with Crippen molar-refractivity contribution in [1.29, 1.82) is 0 Å². The van der Waals surface area contributed by atoms with Crippen molar-refractivity contribution >= 4 is 31.7 Å². The third-order valence-corrected chi connectivity index (χ3v) is 5.09. The van der Waals surface area contributed by atoms with Crippen LogP contribution in [-0.4, -0.2) is 32.9 Å². The van der Waals surface area contributed by atoms with Gasteiger partial charge in [0.05, 0.1) is 10.6 Å². The van der Waals surface area contributed by atoms with Crippen LogP contribution in [0, 0.1) is 0 Å². The summed E-state index contributed by atoms with van der Waals surface area (Å²) in [6.45, 7) is 0.659. The molecule has 0 bridgehead atoms. The fourth-order valence-corrected chi connectivity index (χ4v) is 4.44. The molecule has 0 saturated carbocycles. The van der Waals surface area contributed by atoms with E-state index in [0.717, 1.165) is 17.5 Å². The Balaban J connectivity index is 2.30. The number of sulfone groups is 1. The molecule has 1 N–H and O–H groups in total. The molecule has 0 radical (unpaired) electrons. The average Bonchev–Trinajstić information content (AvgIpc) is 2.27. The second kappa shape index (κ2) is 5.01. The normalized spacial score (nSPS) is 16.9. The molecule has 6 heteroatoms. The lowest BCUT2D eigenvalue weighted by Crippen LogP contribution is -2.31. The Kier molecular flexibility index (Phi) is 3.77. The zero-order valence-electron chi connectivity index (χ0n) is 9.94. The lowest BCUT2D eigenvalue weighted by atomic mass is 9.97. The van der Waals surface area contributed by atoms with Crippen LogP contribution in [0.4, 0.5) is 0 Å². The molecule has 1 amide bonds. The molecule has 0 aliphatic carbocycles. The molecule has 1 aliphatic rings. The van der Waals surface area contributed by atoms with Crippen LogP contribution in [-0.2, 0) is 16.3 Å². The summed E-state index contributed by atoms with van der Waals surface area (Å²) in [5.74, 6) is -0.0647. The van der Waals surface area contributed by atoms with E-state index in [1.807, 2.05) is 12.1 Å². The summed E-state index contributed by atoms with van der Waals surface area (Å²) in [4.78, 5) is 11.4. The minimum Gasteiger partial charge on any atom is -0.352 e. The number of rotatable bonds is 3. The standard InChI is InChI=1S/C12H14BrNO3S/c1-18(16,17)7-11(13)9-3-2-8-4-5-14-12(15)10(8)6-9/h2-3,6,11H,4-5,7H2,1H3,(H,14,15). The third-order valence-electron chi connectivity index (χ3n) is 2.87. The van der Waals surface area contributed by atoms with E-state index in [1.165, 1.54) is 6.26 Å². The van der Waals surface area contributed by atoms with E-state index < -0.39 is 9.84 Å². The Labute approximate surface area is 115 Å². The number of alkyl halides is 1. The Bertz CT molecular complexity index is 583. The smallest absolute Gasteiger partial charge is 0.251 e. The molecule has 1 heterocycles. The molecule has 2 rings (SSSR count). The summed E-state index contributed by atoms with van der Waals surface area (Å²) >= 11 is 3.36. The van der Waals surface area contributed by atoms with E-state index in [4.69, 9.17) is 0 Å². The highest BCUT2D eigenvalue weighted by atomic mass is 79.9. The Hall–Kier alpha value is -0.880. The number of hydrogen-bond donors (Lipinski definition) is 1. The lowest BCUT2D eigenvalue weighted by molar-refractivity contribution is 0.0946. The first kappa shape index (κ1) is 13.5. The van der Waals surface area contributed by atoms with Gasteiger partial charge in [-0.15, -0.1) is 0 Å². The molecule has 0 saturated heterocycles. The van der Waals surface area contributed by atoms with Gasteiger partial charge >= 0.3 is 0 Å². The van der Waals surface area contributed by atoms with Gasteiger partial charge in [0.2, 0.25) is 0 Å². The highest BCUT2D eigenvalue weighted by Gasteiger charge is 2.20. The minimum absolute atomic E-state index is 0.0212. The Morgan fingerprint density at radius 3 is 2.83 bits per heavy atom. The zero-order valence-corrected chi connectivity index (χ0v) is 12.3. The number of benzene rings is 1. The molecular weight excluding hydrogens is 318 g/mol. The van der Waals surface area contributed by atoms with Crippen LogP contribution in [0.15, 0.2) is 18.2 Å². The van der Waals surface area contributed by atoms with Crippen LogP contribution < -0.4 is 5.32 Å². The van der Waals surface area contributed by atoms with Gasteiger partial charge in [-0.1, -0.05) is 28.1 Å². The van der Waals surface area contributed by atoms with Crippen molar-refractivity contribution in [2.24, 2.45) is 0 Å². The highest BCUT2D eigenvalue weighted by Crippen LogP contribution is 2.27. The number of carbonyl (C=O) groups excluding carboxylic acids is 1. The summed E-state index contributed by atoms with van der Waals surface area (Å²) in [6, 6.07) is 5.55. The number of fused-ring (bicyclic) bond motifs is 1. The third kappa shape index (κ3) is 3.11. The van der Waals surface area contributed by atoms with Gasteiger partial charge in [0.15, 0.2) is 0 Å². The maximum absolute atomic E-state index is 11.7. The van der Waals surface area contributed by atoms with Crippen LogP contribution in [0.2, 0.25) is 0 Å². The van der Waals surface area contributed by atoms with Gasteiger partial charge < -0.3 is 5.32 Å². The van der Waals surface area contributed by atoms with E-state index in [9.17, 15) is 13.2 Å². The summed E-state index contributed by atoms with van der Waals surface area (Å²) in [5.41, 5.74) is 2.48. The zero-order chi connectivity index (χ0) is 13.3. The van der Waals surface area contributed by atoms with Crippen molar-refractivity contribution in [2.75, 3.05) is 18.6 Å². The fourth-order valence-electron chi connectivity index (χ4n) is 1.99. The van der Waals surface area contributed by atoms with Gasteiger partial charge in [-0.25, -0.2) is 8.42 Å². The predicted molar refractivity (Wildman–Crippen MR) is 73.9 cm³/mol. The van der Waals surface area contributed by atoms with Gasteiger partial charge in [0, 0.05) is 18.4 Å². The molecule has 1 aliphatic heterocycles. The first-order chi connectivity index (χ1) is 8.37. The molecule has 1 unspecified atom stereocenters. The van der Waals surface area contributed by atoms with E-state index in [-0.39, 0.29) is 16.5 Å². The SMILES string of the molecule is CS(=O)(=O)CC(Br)c1ccc2c(c1)C(=O)NCC2. The Morgan fingerprint density at radius 2 is 2.17 bits per heavy atom. The molecule has 1 atom stereocenters. The van der Waals surface area contributed by atoms with E-state index in [2.05, 4.69) is 21.2 Å². The van der Waals surface area contributed by atoms with Crippen LogP contribution in [0.5, 0.6) is 0 Å². The van der Waals surface area contributed by atoms with Crippen molar-refractivity contribution in [2.45, 2.75) is 11.2 Å². The molecule has 1 aromatic rings.